The maximum absolute atomic E-state index is 8.82. The molecule has 0 saturated carbocycles. The van der Waals surface area contributed by atoms with Gasteiger partial charge < -0.3 is 14.4 Å². The summed E-state index contributed by atoms with van der Waals surface area (Å²) >= 11 is 0. The van der Waals surface area contributed by atoms with Crippen molar-refractivity contribution in [2.24, 2.45) is 0 Å². The number of hydrogen-bond acceptors (Lipinski definition) is 6. The lowest BCUT2D eigenvalue weighted by molar-refractivity contribution is -0.169. The number of hydrogen-bond donors (Lipinski definition) is 0. The van der Waals surface area contributed by atoms with Crippen molar-refractivity contribution in [3.63, 3.8) is 0 Å². The van der Waals surface area contributed by atoms with Gasteiger partial charge in [-0.15, -0.1) is 0 Å². The molecule has 2 saturated heterocycles. The third-order valence-corrected chi connectivity index (χ3v) is 3.40. The third kappa shape index (κ3) is 2.03. The summed E-state index contributed by atoms with van der Waals surface area (Å²) in [6.45, 7) is 2.99. The molecule has 6 heteroatoms. The van der Waals surface area contributed by atoms with Crippen LogP contribution in [0.3, 0.4) is 0 Å². The van der Waals surface area contributed by atoms with Gasteiger partial charge in [0.05, 0.1) is 25.6 Å². The maximum Gasteiger partial charge on any atom is 0.171 e. The van der Waals surface area contributed by atoms with Crippen molar-refractivity contribution in [3.8, 4) is 6.07 Å². The van der Waals surface area contributed by atoms with Gasteiger partial charge in [-0.05, 0) is 0 Å². The number of anilines is 1. The van der Waals surface area contributed by atoms with Gasteiger partial charge in [0.15, 0.2) is 11.5 Å². The zero-order valence-corrected chi connectivity index (χ0v) is 10.0. The predicted molar refractivity (Wildman–Crippen MR) is 62.8 cm³/mol. The second-order valence-electron chi connectivity index (χ2n) is 4.47. The van der Waals surface area contributed by atoms with Crippen LogP contribution in [0, 0.1) is 11.3 Å². The lowest BCUT2D eigenvalue weighted by Crippen LogP contribution is -2.45. The van der Waals surface area contributed by atoms with Crippen molar-refractivity contribution in [1.82, 2.24) is 9.97 Å². The molecule has 2 aliphatic rings. The van der Waals surface area contributed by atoms with E-state index < -0.39 is 0 Å². The summed E-state index contributed by atoms with van der Waals surface area (Å²) in [5, 5.41) is 8.82. The van der Waals surface area contributed by atoms with E-state index in [1.165, 1.54) is 6.20 Å². The molecule has 0 radical (unpaired) electrons. The summed E-state index contributed by atoms with van der Waals surface area (Å²) in [5.74, 6) is 0.374. The van der Waals surface area contributed by atoms with Gasteiger partial charge in [0.2, 0.25) is 0 Å². The first-order valence-electron chi connectivity index (χ1n) is 6.06. The van der Waals surface area contributed by atoms with Crippen LogP contribution in [0.5, 0.6) is 0 Å². The van der Waals surface area contributed by atoms with Crippen LogP contribution in [-0.2, 0) is 9.47 Å². The van der Waals surface area contributed by atoms with E-state index in [9.17, 15) is 0 Å². The normalized spacial score (nSPS) is 22.1. The number of rotatable bonds is 1. The van der Waals surface area contributed by atoms with E-state index in [2.05, 4.69) is 14.9 Å². The van der Waals surface area contributed by atoms with Crippen molar-refractivity contribution in [1.29, 1.82) is 5.26 Å². The second-order valence-corrected chi connectivity index (χ2v) is 4.47. The van der Waals surface area contributed by atoms with Gasteiger partial charge in [0, 0.05) is 25.9 Å². The molecule has 18 heavy (non-hydrogen) atoms. The summed E-state index contributed by atoms with van der Waals surface area (Å²) < 4.78 is 11.3. The molecule has 3 heterocycles. The van der Waals surface area contributed by atoms with Crippen molar-refractivity contribution in [2.45, 2.75) is 18.6 Å². The Kier molecular flexibility index (Phi) is 2.86. The molecule has 0 N–H and O–H groups in total. The Morgan fingerprint density at radius 2 is 1.94 bits per heavy atom. The number of aromatic nitrogens is 2. The monoisotopic (exact) mass is 246 g/mol. The quantitative estimate of drug-likeness (QED) is 0.726. The molecule has 1 spiro atoms. The molecule has 1 aromatic heterocycles. The Labute approximate surface area is 105 Å². The summed E-state index contributed by atoms with van der Waals surface area (Å²) in [6, 6.07) is 2.01. The van der Waals surface area contributed by atoms with Crippen LogP contribution < -0.4 is 4.90 Å². The fourth-order valence-electron chi connectivity index (χ4n) is 2.42. The summed E-state index contributed by atoms with van der Waals surface area (Å²) in [4.78, 5) is 10.4. The Morgan fingerprint density at radius 3 is 2.61 bits per heavy atom. The molecule has 0 unspecified atom stereocenters. The van der Waals surface area contributed by atoms with Crippen molar-refractivity contribution >= 4 is 5.82 Å². The SMILES string of the molecule is N#Cc1cncc(N2CCC3(CC2)OCCO3)n1. The molecule has 0 bridgehead atoms. The van der Waals surface area contributed by atoms with Crippen molar-refractivity contribution in [2.75, 3.05) is 31.2 Å². The molecule has 2 fully saturated rings. The highest BCUT2D eigenvalue weighted by atomic mass is 16.7. The summed E-state index contributed by atoms with van der Waals surface area (Å²) in [6.07, 6.45) is 4.81. The topological polar surface area (TPSA) is 71.3 Å². The molecule has 0 aliphatic carbocycles. The number of nitrogens with zero attached hydrogens (tertiary/aromatic N) is 4. The van der Waals surface area contributed by atoms with E-state index in [1.54, 1.807) is 6.20 Å². The van der Waals surface area contributed by atoms with Gasteiger partial charge in [-0.2, -0.15) is 5.26 Å². The standard InChI is InChI=1S/C12H14N4O2/c13-7-10-8-14-9-11(15-10)16-3-1-12(2-4-16)17-5-6-18-12/h8-9H,1-6H2. The molecule has 94 valence electrons. The molecule has 2 aliphatic heterocycles. The summed E-state index contributed by atoms with van der Waals surface area (Å²) in [7, 11) is 0. The van der Waals surface area contributed by atoms with Crippen molar-refractivity contribution < 1.29 is 9.47 Å². The lowest BCUT2D eigenvalue weighted by atomic mass is 10.0. The van der Waals surface area contributed by atoms with E-state index in [-0.39, 0.29) is 5.79 Å². The number of nitriles is 1. The molecule has 0 atom stereocenters. The highest BCUT2D eigenvalue weighted by Gasteiger charge is 2.40. The first-order valence-corrected chi connectivity index (χ1v) is 6.06. The van der Waals surface area contributed by atoms with Crippen molar-refractivity contribution in [3.05, 3.63) is 18.1 Å². The van der Waals surface area contributed by atoms with Crippen LogP contribution in [0.4, 0.5) is 5.82 Å². The minimum absolute atomic E-state index is 0.348. The molecule has 6 nitrogen and oxygen atoms in total. The number of piperidine rings is 1. The highest BCUT2D eigenvalue weighted by molar-refractivity contribution is 5.39. The molecule has 3 rings (SSSR count). The van der Waals surface area contributed by atoms with Crippen LogP contribution in [0.1, 0.15) is 18.5 Å². The van der Waals surface area contributed by atoms with E-state index in [0.29, 0.717) is 18.9 Å². The minimum atomic E-state index is -0.378. The largest absolute Gasteiger partial charge is 0.355 e. The summed E-state index contributed by atoms with van der Waals surface area (Å²) in [5.41, 5.74) is 0.348. The van der Waals surface area contributed by atoms with E-state index in [4.69, 9.17) is 14.7 Å². The third-order valence-electron chi connectivity index (χ3n) is 3.40. The highest BCUT2D eigenvalue weighted by Crippen LogP contribution is 2.32. The van der Waals surface area contributed by atoms with Gasteiger partial charge in [0.1, 0.15) is 11.9 Å². The maximum atomic E-state index is 8.82. The fraction of sp³-hybridized carbons (Fsp3) is 0.583. The average Bonchev–Trinajstić information content (AvgIpc) is 2.88. The Hall–Kier alpha value is -1.71. The molecular formula is C12H14N4O2. The zero-order valence-electron chi connectivity index (χ0n) is 10.0. The fourth-order valence-corrected chi connectivity index (χ4v) is 2.42. The Morgan fingerprint density at radius 1 is 1.22 bits per heavy atom. The van der Waals surface area contributed by atoms with E-state index in [0.717, 1.165) is 31.7 Å². The van der Waals surface area contributed by atoms with Gasteiger partial charge in [0.25, 0.3) is 0 Å². The first-order chi connectivity index (χ1) is 8.81. The van der Waals surface area contributed by atoms with E-state index >= 15 is 0 Å². The van der Waals surface area contributed by atoms with Gasteiger partial charge >= 0.3 is 0 Å². The molecular weight excluding hydrogens is 232 g/mol. The van der Waals surface area contributed by atoms with Crippen LogP contribution in [-0.4, -0.2) is 42.1 Å². The van der Waals surface area contributed by atoms with Gasteiger partial charge in [-0.25, -0.2) is 4.98 Å². The molecule has 0 amide bonds. The first kappa shape index (κ1) is 11.4. The smallest absolute Gasteiger partial charge is 0.171 e. The van der Waals surface area contributed by atoms with Gasteiger partial charge in [-0.1, -0.05) is 0 Å². The van der Waals surface area contributed by atoms with Crippen LogP contribution >= 0.6 is 0 Å². The van der Waals surface area contributed by atoms with E-state index in [1.807, 2.05) is 6.07 Å². The Bertz CT molecular complexity index is 469. The predicted octanol–water partition coefficient (Wildman–Crippen LogP) is 0.692. The number of ether oxygens (including phenoxy) is 2. The zero-order chi connectivity index (χ0) is 12.4. The average molecular weight is 246 g/mol. The molecule has 1 aromatic rings. The second kappa shape index (κ2) is 4.52. The minimum Gasteiger partial charge on any atom is -0.355 e. The van der Waals surface area contributed by atoms with Crippen LogP contribution in [0.25, 0.3) is 0 Å². The Balaban J connectivity index is 1.70. The van der Waals surface area contributed by atoms with Crippen LogP contribution in [0.2, 0.25) is 0 Å². The van der Waals surface area contributed by atoms with Gasteiger partial charge in [-0.3, -0.25) is 4.98 Å². The van der Waals surface area contributed by atoms with Crippen LogP contribution in [0.15, 0.2) is 12.4 Å². The molecule has 0 aromatic carbocycles. The lowest BCUT2D eigenvalue weighted by Gasteiger charge is -2.37.